The fraction of sp³-hybridized carbons (Fsp3) is 0.714. The van der Waals surface area contributed by atoms with Crippen molar-refractivity contribution in [1.82, 2.24) is 0 Å². The number of hydrogen-bond acceptors (Lipinski definition) is 0. The summed E-state index contributed by atoms with van der Waals surface area (Å²) in [6, 6.07) is 0. The van der Waals surface area contributed by atoms with E-state index in [2.05, 4.69) is 6.42 Å². The smallest absolute Gasteiger partial charge is 0.358 e. The molecule has 0 spiro atoms. The van der Waals surface area contributed by atoms with Crippen LogP contribution >= 0.6 is 0 Å². The van der Waals surface area contributed by atoms with Crippen LogP contribution in [0.3, 0.4) is 0 Å². The van der Waals surface area contributed by atoms with E-state index in [4.69, 9.17) is 0 Å². The largest absolute Gasteiger partial charge is 2.00 e. The average molecular weight is 122 g/mol. The quantitative estimate of drug-likeness (QED) is 0.341. The first kappa shape index (κ1) is 11.5. The molecule has 0 bridgehead atoms. The van der Waals surface area contributed by atoms with Gasteiger partial charge in [0.05, 0.1) is 0 Å². The van der Waals surface area contributed by atoms with E-state index in [-0.39, 0.29) is 30.5 Å². The van der Waals surface area contributed by atoms with Gasteiger partial charge in [0.2, 0.25) is 0 Å². The predicted octanol–water partition coefficient (Wildman–Crippen LogP) is 2.22. The number of rotatable bonds is 0. The molecule has 0 aromatic rings. The standard InChI is InChI=1S/C6H11.CH3.Mg/c1-2-4-6-5-3-1;;/h1H,2-6H2;1H3;/q2*-1;+2. The van der Waals surface area contributed by atoms with Gasteiger partial charge in [0.15, 0.2) is 0 Å². The van der Waals surface area contributed by atoms with Crippen molar-refractivity contribution in [2.75, 3.05) is 0 Å². The minimum atomic E-state index is 0. The third kappa shape index (κ3) is 4.91. The van der Waals surface area contributed by atoms with Crippen molar-refractivity contribution in [1.29, 1.82) is 0 Å². The maximum Gasteiger partial charge on any atom is 2.00 e. The molecule has 0 unspecified atom stereocenters. The zero-order valence-electron chi connectivity index (χ0n) is 5.82. The van der Waals surface area contributed by atoms with Crippen molar-refractivity contribution in [3.05, 3.63) is 13.8 Å². The van der Waals surface area contributed by atoms with Crippen molar-refractivity contribution >= 4 is 23.1 Å². The Labute approximate surface area is 69.2 Å². The normalized spacial score (nSPS) is 18.0. The molecule has 0 atom stereocenters. The Morgan fingerprint density at radius 2 is 1.38 bits per heavy atom. The Balaban J connectivity index is 0. The van der Waals surface area contributed by atoms with Crippen LogP contribution in [0.25, 0.3) is 0 Å². The van der Waals surface area contributed by atoms with Gasteiger partial charge < -0.3 is 13.8 Å². The van der Waals surface area contributed by atoms with Crippen molar-refractivity contribution in [3.63, 3.8) is 0 Å². The molecule has 8 heavy (non-hydrogen) atoms. The summed E-state index contributed by atoms with van der Waals surface area (Å²) in [7, 11) is 0. The van der Waals surface area contributed by atoms with E-state index in [9.17, 15) is 0 Å². The van der Waals surface area contributed by atoms with Gasteiger partial charge in [0.1, 0.15) is 0 Å². The third-order valence-electron chi connectivity index (χ3n) is 1.32. The SMILES string of the molecule is [CH-]1CCCCC1.[CH3-].[Mg+2]. The molecule has 1 heteroatoms. The molecule has 1 fully saturated rings. The molecule has 0 amide bonds. The zero-order valence-corrected chi connectivity index (χ0v) is 7.23. The second-order valence-corrected chi connectivity index (χ2v) is 1.93. The molecule has 0 saturated heterocycles. The Morgan fingerprint density at radius 1 is 0.875 bits per heavy atom. The van der Waals surface area contributed by atoms with E-state index in [1.165, 1.54) is 32.1 Å². The third-order valence-corrected chi connectivity index (χ3v) is 1.32. The first-order chi connectivity index (χ1) is 3.00. The summed E-state index contributed by atoms with van der Waals surface area (Å²) < 4.78 is 0. The van der Waals surface area contributed by atoms with Crippen LogP contribution in [0.15, 0.2) is 0 Å². The van der Waals surface area contributed by atoms with Crippen LogP contribution < -0.4 is 0 Å². The minimum Gasteiger partial charge on any atom is -0.358 e. The van der Waals surface area contributed by atoms with Gasteiger partial charge in [-0.25, -0.2) is 0 Å². The van der Waals surface area contributed by atoms with Crippen LogP contribution in [0, 0.1) is 13.8 Å². The zero-order chi connectivity index (χ0) is 4.24. The fourth-order valence-corrected chi connectivity index (χ4v) is 0.898. The van der Waals surface area contributed by atoms with Gasteiger partial charge in [-0.1, -0.05) is 19.3 Å². The molecule has 0 aromatic carbocycles. The van der Waals surface area contributed by atoms with Crippen LogP contribution in [-0.2, 0) is 0 Å². The van der Waals surface area contributed by atoms with Gasteiger partial charge >= 0.3 is 23.1 Å². The molecule has 1 aliphatic carbocycles. The monoisotopic (exact) mass is 122 g/mol. The van der Waals surface area contributed by atoms with Gasteiger partial charge in [0.25, 0.3) is 0 Å². The molecule has 0 heterocycles. The summed E-state index contributed by atoms with van der Waals surface area (Å²) in [5.74, 6) is 0. The summed E-state index contributed by atoms with van der Waals surface area (Å²) in [6.07, 6.45) is 9.50. The maximum absolute atomic E-state index is 2.39. The van der Waals surface area contributed by atoms with Crippen molar-refractivity contribution in [3.8, 4) is 0 Å². The van der Waals surface area contributed by atoms with E-state index >= 15 is 0 Å². The Kier molecular flexibility index (Phi) is 11.2. The van der Waals surface area contributed by atoms with Crippen molar-refractivity contribution in [2.24, 2.45) is 0 Å². The molecule has 0 N–H and O–H groups in total. The Hall–Kier alpha value is 0.766. The van der Waals surface area contributed by atoms with E-state index in [1.807, 2.05) is 0 Å². The second-order valence-electron chi connectivity index (χ2n) is 1.93. The Bertz CT molecular complexity index is 19.9. The molecule has 1 rings (SSSR count). The van der Waals surface area contributed by atoms with Crippen molar-refractivity contribution < 1.29 is 0 Å². The molecule has 1 aliphatic rings. The van der Waals surface area contributed by atoms with Crippen molar-refractivity contribution in [2.45, 2.75) is 32.1 Å². The molecule has 0 aliphatic heterocycles. The molecule has 0 aromatic heterocycles. The van der Waals surface area contributed by atoms with Crippen LogP contribution in [0.1, 0.15) is 32.1 Å². The summed E-state index contributed by atoms with van der Waals surface area (Å²) in [4.78, 5) is 0. The van der Waals surface area contributed by atoms with E-state index in [0.717, 1.165) is 0 Å². The number of hydrogen-bond donors (Lipinski definition) is 0. The molecule has 44 valence electrons. The van der Waals surface area contributed by atoms with Gasteiger partial charge in [-0.05, 0) is 0 Å². The molecule has 1 saturated carbocycles. The van der Waals surface area contributed by atoms with Crippen LogP contribution in [-0.4, -0.2) is 23.1 Å². The average Bonchev–Trinajstić information content (AvgIpc) is 1.72. The Morgan fingerprint density at radius 3 is 1.50 bits per heavy atom. The van der Waals surface area contributed by atoms with Crippen LogP contribution in [0.5, 0.6) is 0 Å². The van der Waals surface area contributed by atoms with Gasteiger partial charge in [-0.3, -0.25) is 0 Å². The molecule has 0 nitrogen and oxygen atoms in total. The first-order valence-corrected chi connectivity index (χ1v) is 2.82. The van der Waals surface area contributed by atoms with Gasteiger partial charge in [-0.15, -0.1) is 0 Å². The molecular weight excluding hydrogens is 108 g/mol. The van der Waals surface area contributed by atoms with E-state index in [0.29, 0.717) is 0 Å². The van der Waals surface area contributed by atoms with Crippen LogP contribution in [0.2, 0.25) is 0 Å². The van der Waals surface area contributed by atoms with E-state index in [1.54, 1.807) is 0 Å². The predicted molar refractivity (Wildman–Crippen MR) is 39.6 cm³/mol. The summed E-state index contributed by atoms with van der Waals surface area (Å²) >= 11 is 0. The molecule has 0 radical (unpaired) electrons. The van der Waals surface area contributed by atoms with Gasteiger partial charge in [0, 0.05) is 0 Å². The van der Waals surface area contributed by atoms with Gasteiger partial charge in [-0.2, -0.15) is 12.8 Å². The fourth-order valence-electron chi connectivity index (χ4n) is 0.898. The van der Waals surface area contributed by atoms with Crippen LogP contribution in [0.4, 0.5) is 0 Å². The summed E-state index contributed by atoms with van der Waals surface area (Å²) in [5.41, 5.74) is 0. The minimum absolute atomic E-state index is 0. The summed E-state index contributed by atoms with van der Waals surface area (Å²) in [5, 5.41) is 0. The molecular formula is C7H14Mg. The summed E-state index contributed by atoms with van der Waals surface area (Å²) in [6.45, 7) is 0. The topological polar surface area (TPSA) is 0 Å². The second kappa shape index (κ2) is 7.77. The first-order valence-electron chi connectivity index (χ1n) is 2.82. The van der Waals surface area contributed by atoms with E-state index < -0.39 is 0 Å². The maximum atomic E-state index is 2.39.